The summed E-state index contributed by atoms with van der Waals surface area (Å²) in [6.07, 6.45) is -0.0847. The average Bonchev–Trinajstić information content (AvgIpc) is 2.13. The Morgan fingerprint density at radius 1 is 1.47 bits per heavy atom. The summed E-state index contributed by atoms with van der Waals surface area (Å²) in [7, 11) is 1.40. The van der Waals surface area contributed by atoms with Crippen LogP contribution in [0.25, 0.3) is 0 Å². The monoisotopic (exact) mass is 260 g/mol. The van der Waals surface area contributed by atoms with Crippen LogP contribution in [0.1, 0.15) is 20.3 Å². The molecule has 1 rings (SSSR count). The maximum absolute atomic E-state index is 10.7. The molecule has 0 fully saturated rings. The number of carbonyl (C=O) groups is 1. The molecule has 1 aromatic heterocycles. The van der Waals surface area contributed by atoms with E-state index in [4.69, 9.17) is 21.4 Å². The third-order valence-electron chi connectivity index (χ3n) is 1.81. The second-order valence-electron chi connectivity index (χ2n) is 3.99. The number of nitrogens with zero attached hydrogens (tertiary/aromatic N) is 3. The van der Waals surface area contributed by atoms with Crippen molar-refractivity contribution in [2.75, 3.05) is 12.4 Å². The van der Waals surface area contributed by atoms with Gasteiger partial charge >= 0.3 is 12.0 Å². The van der Waals surface area contributed by atoms with Gasteiger partial charge in [0.2, 0.25) is 11.2 Å². The number of carboxylic acid groups (broad SMARTS) is 1. The molecule has 8 heteroatoms. The first-order valence-electron chi connectivity index (χ1n) is 4.78. The molecule has 17 heavy (non-hydrogen) atoms. The normalized spacial score (nSPS) is 11.1. The third kappa shape index (κ3) is 4.39. The second kappa shape index (κ2) is 5.13. The summed E-state index contributed by atoms with van der Waals surface area (Å²) in [4.78, 5) is 22.1. The van der Waals surface area contributed by atoms with Crippen LogP contribution in [0.5, 0.6) is 6.01 Å². The summed E-state index contributed by atoms with van der Waals surface area (Å²) in [5.74, 6) is -0.747. The van der Waals surface area contributed by atoms with Crippen LogP contribution in [-0.2, 0) is 4.79 Å². The molecule has 1 heterocycles. The van der Waals surface area contributed by atoms with Crippen molar-refractivity contribution in [1.82, 2.24) is 15.0 Å². The van der Waals surface area contributed by atoms with Gasteiger partial charge in [-0.1, -0.05) is 0 Å². The summed E-state index contributed by atoms with van der Waals surface area (Å²) >= 11 is 5.66. The van der Waals surface area contributed by atoms with Crippen LogP contribution in [0.4, 0.5) is 5.95 Å². The Morgan fingerprint density at radius 3 is 2.65 bits per heavy atom. The van der Waals surface area contributed by atoms with Crippen LogP contribution in [0.2, 0.25) is 5.28 Å². The van der Waals surface area contributed by atoms with Crippen LogP contribution >= 0.6 is 11.6 Å². The molecule has 1 aromatic rings. The molecular weight excluding hydrogens is 248 g/mol. The molecule has 0 unspecified atom stereocenters. The molecule has 0 spiro atoms. The van der Waals surface area contributed by atoms with Crippen LogP contribution in [-0.4, -0.2) is 38.7 Å². The number of aliphatic carboxylic acids is 1. The molecule has 0 aliphatic rings. The van der Waals surface area contributed by atoms with Crippen LogP contribution in [0.3, 0.4) is 0 Å². The van der Waals surface area contributed by atoms with Crippen molar-refractivity contribution in [3.63, 3.8) is 0 Å². The van der Waals surface area contributed by atoms with Crippen molar-refractivity contribution in [2.24, 2.45) is 0 Å². The Bertz CT molecular complexity index is 425. The number of hydrogen-bond donors (Lipinski definition) is 2. The SMILES string of the molecule is COc1nc(Cl)nc(NC(C)(C)CC(=O)O)n1. The predicted molar refractivity (Wildman–Crippen MR) is 61.3 cm³/mol. The van der Waals surface area contributed by atoms with Gasteiger partial charge in [-0.05, 0) is 25.4 Å². The lowest BCUT2D eigenvalue weighted by Crippen LogP contribution is -2.34. The van der Waals surface area contributed by atoms with E-state index in [-0.39, 0.29) is 23.7 Å². The Kier molecular flexibility index (Phi) is 4.06. The van der Waals surface area contributed by atoms with Gasteiger partial charge < -0.3 is 15.2 Å². The van der Waals surface area contributed by atoms with E-state index in [2.05, 4.69) is 20.3 Å². The lowest BCUT2D eigenvalue weighted by atomic mass is 10.0. The highest BCUT2D eigenvalue weighted by Gasteiger charge is 2.23. The molecule has 0 aliphatic carbocycles. The minimum Gasteiger partial charge on any atom is -0.481 e. The van der Waals surface area contributed by atoms with E-state index in [0.29, 0.717) is 0 Å². The molecule has 0 aromatic carbocycles. The number of anilines is 1. The van der Waals surface area contributed by atoms with Crippen molar-refractivity contribution in [3.05, 3.63) is 5.28 Å². The van der Waals surface area contributed by atoms with E-state index in [1.54, 1.807) is 13.8 Å². The number of halogens is 1. The number of ether oxygens (including phenoxy) is 1. The molecule has 0 bridgehead atoms. The third-order valence-corrected chi connectivity index (χ3v) is 1.98. The standard InChI is InChI=1S/C9H13ClN4O3/c1-9(2,4-5(15)16)14-7-11-6(10)12-8(13-7)17-3/h4H2,1-3H3,(H,15,16)(H,11,12,13,14). The molecule has 7 nitrogen and oxygen atoms in total. The lowest BCUT2D eigenvalue weighted by Gasteiger charge is -2.24. The highest BCUT2D eigenvalue weighted by molar-refractivity contribution is 6.28. The van der Waals surface area contributed by atoms with Gasteiger partial charge in [0, 0.05) is 5.54 Å². The summed E-state index contributed by atoms with van der Waals surface area (Å²) in [5, 5.41) is 11.6. The van der Waals surface area contributed by atoms with Crippen molar-refractivity contribution < 1.29 is 14.6 Å². The first-order valence-corrected chi connectivity index (χ1v) is 5.16. The Labute approximate surface area is 103 Å². The van der Waals surface area contributed by atoms with Crippen LogP contribution in [0.15, 0.2) is 0 Å². The largest absolute Gasteiger partial charge is 0.481 e. The average molecular weight is 261 g/mol. The first kappa shape index (κ1) is 13.4. The van der Waals surface area contributed by atoms with E-state index in [1.165, 1.54) is 7.11 Å². The Hall–Kier alpha value is -1.63. The van der Waals surface area contributed by atoms with Crippen LogP contribution in [0, 0.1) is 0 Å². The summed E-state index contributed by atoms with van der Waals surface area (Å²) < 4.78 is 4.83. The van der Waals surface area contributed by atoms with Gasteiger partial charge in [-0.3, -0.25) is 4.79 Å². The van der Waals surface area contributed by atoms with Crippen molar-refractivity contribution in [3.8, 4) is 6.01 Å². The highest BCUT2D eigenvalue weighted by atomic mass is 35.5. The molecule has 0 atom stereocenters. The molecule has 0 saturated carbocycles. The molecule has 94 valence electrons. The zero-order valence-electron chi connectivity index (χ0n) is 9.69. The highest BCUT2D eigenvalue weighted by Crippen LogP contribution is 2.17. The van der Waals surface area contributed by atoms with Crippen molar-refractivity contribution >= 4 is 23.5 Å². The van der Waals surface area contributed by atoms with Gasteiger partial charge in [0.15, 0.2) is 0 Å². The van der Waals surface area contributed by atoms with Gasteiger partial charge in [0.1, 0.15) is 0 Å². The molecule has 0 radical (unpaired) electrons. The number of carboxylic acids is 1. The summed E-state index contributed by atoms with van der Waals surface area (Å²) in [5.41, 5.74) is -0.707. The molecule has 0 aliphatic heterocycles. The van der Waals surface area contributed by atoms with Crippen LogP contribution < -0.4 is 10.1 Å². The zero-order valence-corrected chi connectivity index (χ0v) is 10.4. The first-order chi connectivity index (χ1) is 7.82. The van der Waals surface area contributed by atoms with Gasteiger partial charge in [0.25, 0.3) is 0 Å². The fourth-order valence-corrected chi connectivity index (χ4v) is 1.36. The van der Waals surface area contributed by atoms with E-state index in [9.17, 15) is 4.79 Å². The number of aromatic nitrogens is 3. The maximum atomic E-state index is 10.7. The maximum Gasteiger partial charge on any atom is 0.322 e. The minimum absolute atomic E-state index is 0.0227. The van der Waals surface area contributed by atoms with Gasteiger partial charge in [0.05, 0.1) is 13.5 Å². The number of hydrogen-bond acceptors (Lipinski definition) is 6. The number of methoxy groups -OCH3 is 1. The second-order valence-corrected chi connectivity index (χ2v) is 4.33. The quantitative estimate of drug-likeness (QED) is 0.821. The Balaban J connectivity index is 2.87. The number of rotatable bonds is 5. The molecule has 2 N–H and O–H groups in total. The molecular formula is C9H13ClN4O3. The van der Waals surface area contributed by atoms with E-state index in [1.807, 2.05) is 0 Å². The smallest absolute Gasteiger partial charge is 0.322 e. The minimum atomic E-state index is -0.922. The fraction of sp³-hybridized carbons (Fsp3) is 0.556. The zero-order chi connectivity index (χ0) is 13.1. The van der Waals surface area contributed by atoms with E-state index in [0.717, 1.165) is 0 Å². The summed E-state index contributed by atoms with van der Waals surface area (Å²) in [6, 6.07) is 0.0682. The van der Waals surface area contributed by atoms with Crippen molar-refractivity contribution in [2.45, 2.75) is 25.8 Å². The molecule has 0 amide bonds. The lowest BCUT2D eigenvalue weighted by molar-refractivity contribution is -0.137. The topological polar surface area (TPSA) is 97.2 Å². The Morgan fingerprint density at radius 2 is 2.12 bits per heavy atom. The van der Waals surface area contributed by atoms with Crippen molar-refractivity contribution in [1.29, 1.82) is 0 Å². The summed E-state index contributed by atoms with van der Waals surface area (Å²) in [6.45, 7) is 3.43. The molecule has 0 saturated heterocycles. The van der Waals surface area contributed by atoms with E-state index >= 15 is 0 Å². The number of nitrogens with one attached hydrogen (secondary N) is 1. The van der Waals surface area contributed by atoms with Gasteiger partial charge in [-0.25, -0.2) is 0 Å². The van der Waals surface area contributed by atoms with Gasteiger partial charge in [-0.15, -0.1) is 0 Å². The fourth-order valence-electron chi connectivity index (χ4n) is 1.20. The van der Waals surface area contributed by atoms with E-state index < -0.39 is 11.5 Å². The van der Waals surface area contributed by atoms with Gasteiger partial charge in [-0.2, -0.15) is 15.0 Å². The predicted octanol–water partition coefficient (Wildman–Crippen LogP) is 1.20.